The normalized spacial score (nSPS) is 10.3. The van der Waals surface area contributed by atoms with Crippen molar-refractivity contribution in [3.8, 4) is 0 Å². The lowest BCUT2D eigenvalue weighted by Gasteiger charge is -2.09. The number of carbonyl (C=O) groups is 1. The molecule has 106 valence electrons. The molecule has 2 amide bonds. The SMILES string of the molecule is CCCOCCCNC(=O)Nc1cc(C)cc(C)c1. The minimum Gasteiger partial charge on any atom is -0.381 e. The van der Waals surface area contributed by atoms with Crippen LogP contribution < -0.4 is 10.6 Å². The third-order valence-corrected chi connectivity index (χ3v) is 2.58. The van der Waals surface area contributed by atoms with E-state index in [0.29, 0.717) is 13.2 Å². The van der Waals surface area contributed by atoms with Gasteiger partial charge in [-0.05, 0) is 49.9 Å². The second-order valence-electron chi connectivity index (χ2n) is 4.72. The molecular weight excluding hydrogens is 240 g/mol. The number of nitrogens with one attached hydrogen (secondary N) is 2. The summed E-state index contributed by atoms with van der Waals surface area (Å²) in [6.45, 7) is 8.21. The van der Waals surface area contributed by atoms with E-state index in [2.05, 4.69) is 23.6 Å². The molecule has 0 radical (unpaired) electrons. The van der Waals surface area contributed by atoms with Crippen LogP contribution >= 0.6 is 0 Å². The zero-order chi connectivity index (χ0) is 14.1. The van der Waals surface area contributed by atoms with Crippen molar-refractivity contribution in [2.24, 2.45) is 0 Å². The van der Waals surface area contributed by atoms with Crippen LogP contribution in [-0.4, -0.2) is 25.8 Å². The Bertz CT molecular complexity index is 385. The van der Waals surface area contributed by atoms with Gasteiger partial charge in [-0.2, -0.15) is 0 Å². The third-order valence-electron chi connectivity index (χ3n) is 2.58. The number of aryl methyl sites for hydroxylation is 2. The van der Waals surface area contributed by atoms with Crippen LogP contribution in [-0.2, 0) is 4.74 Å². The zero-order valence-corrected chi connectivity index (χ0v) is 12.1. The molecule has 0 aromatic heterocycles. The number of carbonyl (C=O) groups excluding carboxylic acids is 1. The molecule has 0 heterocycles. The molecule has 0 aliphatic heterocycles. The molecule has 1 rings (SSSR count). The molecule has 0 spiro atoms. The fourth-order valence-corrected chi connectivity index (χ4v) is 1.84. The second-order valence-corrected chi connectivity index (χ2v) is 4.72. The first-order chi connectivity index (χ1) is 9.11. The predicted molar refractivity (Wildman–Crippen MR) is 78.7 cm³/mol. The van der Waals surface area contributed by atoms with Crippen LogP contribution in [0.4, 0.5) is 10.5 Å². The second kappa shape index (κ2) is 8.53. The molecule has 4 nitrogen and oxygen atoms in total. The smallest absolute Gasteiger partial charge is 0.319 e. The first-order valence-corrected chi connectivity index (χ1v) is 6.82. The number of anilines is 1. The highest BCUT2D eigenvalue weighted by molar-refractivity contribution is 5.89. The molecule has 0 fully saturated rings. The lowest BCUT2D eigenvalue weighted by molar-refractivity contribution is 0.132. The minimum atomic E-state index is -0.166. The van der Waals surface area contributed by atoms with Crippen LogP contribution in [0.2, 0.25) is 0 Å². The fourth-order valence-electron chi connectivity index (χ4n) is 1.84. The Morgan fingerprint density at radius 2 is 1.84 bits per heavy atom. The summed E-state index contributed by atoms with van der Waals surface area (Å²) in [5, 5.41) is 5.65. The number of hydrogen-bond acceptors (Lipinski definition) is 2. The molecule has 0 aliphatic rings. The summed E-state index contributed by atoms with van der Waals surface area (Å²) in [6, 6.07) is 5.82. The number of urea groups is 1. The average molecular weight is 264 g/mol. The van der Waals surface area contributed by atoms with Gasteiger partial charge in [0.15, 0.2) is 0 Å². The number of amides is 2. The molecule has 1 aromatic rings. The van der Waals surface area contributed by atoms with Gasteiger partial charge in [-0.25, -0.2) is 4.79 Å². The van der Waals surface area contributed by atoms with E-state index in [-0.39, 0.29) is 6.03 Å². The van der Waals surface area contributed by atoms with E-state index >= 15 is 0 Å². The van der Waals surface area contributed by atoms with Crippen LogP contribution in [0.3, 0.4) is 0 Å². The Hall–Kier alpha value is -1.55. The summed E-state index contributed by atoms with van der Waals surface area (Å²) in [7, 11) is 0. The molecule has 19 heavy (non-hydrogen) atoms. The van der Waals surface area contributed by atoms with Crippen molar-refractivity contribution < 1.29 is 9.53 Å². The van der Waals surface area contributed by atoms with Crippen molar-refractivity contribution in [1.29, 1.82) is 0 Å². The van der Waals surface area contributed by atoms with E-state index < -0.39 is 0 Å². The first-order valence-electron chi connectivity index (χ1n) is 6.82. The summed E-state index contributed by atoms with van der Waals surface area (Å²) >= 11 is 0. The van der Waals surface area contributed by atoms with Crippen molar-refractivity contribution in [2.75, 3.05) is 25.1 Å². The third kappa shape index (κ3) is 6.82. The van der Waals surface area contributed by atoms with Gasteiger partial charge in [-0.15, -0.1) is 0 Å². The molecule has 4 heteroatoms. The lowest BCUT2D eigenvalue weighted by atomic mass is 10.1. The van der Waals surface area contributed by atoms with Crippen LogP contribution in [0.1, 0.15) is 30.9 Å². The molecular formula is C15H24N2O2. The monoisotopic (exact) mass is 264 g/mol. The minimum absolute atomic E-state index is 0.166. The standard InChI is InChI=1S/C15H24N2O2/c1-4-7-19-8-5-6-16-15(18)17-14-10-12(2)9-13(3)11-14/h9-11H,4-8H2,1-3H3,(H2,16,17,18). The van der Waals surface area contributed by atoms with Crippen LogP contribution in [0.15, 0.2) is 18.2 Å². The summed E-state index contributed by atoms with van der Waals surface area (Å²) in [4.78, 5) is 11.7. The van der Waals surface area contributed by atoms with Crippen molar-refractivity contribution in [2.45, 2.75) is 33.6 Å². The highest BCUT2D eigenvalue weighted by Crippen LogP contribution is 2.13. The highest BCUT2D eigenvalue weighted by Gasteiger charge is 2.01. The van der Waals surface area contributed by atoms with Gasteiger partial charge < -0.3 is 15.4 Å². The molecule has 0 saturated carbocycles. The summed E-state index contributed by atoms with van der Waals surface area (Å²) in [5.41, 5.74) is 3.11. The van der Waals surface area contributed by atoms with E-state index in [1.165, 1.54) is 0 Å². The molecule has 0 bridgehead atoms. The predicted octanol–water partition coefficient (Wildman–Crippen LogP) is 3.24. The molecule has 0 saturated heterocycles. The van der Waals surface area contributed by atoms with Crippen molar-refractivity contribution in [3.63, 3.8) is 0 Å². The van der Waals surface area contributed by atoms with E-state index in [4.69, 9.17) is 4.74 Å². The summed E-state index contributed by atoms with van der Waals surface area (Å²) in [5.74, 6) is 0. The van der Waals surface area contributed by atoms with Gasteiger partial charge in [-0.3, -0.25) is 0 Å². The molecule has 0 atom stereocenters. The Kier molecular flexibility index (Phi) is 6.97. The maximum absolute atomic E-state index is 11.7. The summed E-state index contributed by atoms with van der Waals surface area (Å²) < 4.78 is 5.34. The molecule has 2 N–H and O–H groups in total. The van der Waals surface area contributed by atoms with E-state index in [1.807, 2.05) is 26.0 Å². The molecule has 0 aliphatic carbocycles. The van der Waals surface area contributed by atoms with Crippen molar-refractivity contribution >= 4 is 11.7 Å². The van der Waals surface area contributed by atoms with Gasteiger partial charge in [0.25, 0.3) is 0 Å². The number of hydrogen-bond donors (Lipinski definition) is 2. The number of benzene rings is 1. The Labute approximate surface area is 115 Å². The van der Waals surface area contributed by atoms with Crippen molar-refractivity contribution in [1.82, 2.24) is 5.32 Å². The first kappa shape index (κ1) is 15.5. The average Bonchev–Trinajstić information content (AvgIpc) is 2.32. The van der Waals surface area contributed by atoms with Gasteiger partial charge in [0, 0.05) is 25.4 Å². The van der Waals surface area contributed by atoms with E-state index in [9.17, 15) is 4.79 Å². The van der Waals surface area contributed by atoms with E-state index in [0.717, 1.165) is 36.3 Å². The van der Waals surface area contributed by atoms with Gasteiger partial charge in [-0.1, -0.05) is 13.0 Å². The largest absolute Gasteiger partial charge is 0.381 e. The number of ether oxygens (including phenoxy) is 1. The van der Waals surface area contributed by atoms with E-state index in [1.54, 1.807) is 0 Å². The fraction of sp³-hybridized carbons (Fsp3) is 0.533. The lowest BCUT2D eigenvalue weighted by Crippen LogP contribution is -2.30. The Morgan fingerprint density at radius 1 is 1.16 bits per heavy atom. The van der Waals surface area contributed by atoms with Crippen LogP contribution in [0.25, 0.3) is 0 Å². The van der Waals surface area contributed by atoms with Crippen LogP contribution in [0, 0.1) is 13.8 Å². The van der Waals surface area contributed by atoms with Crippen molar-refractivity contribution in [3.05, 3.63) is 29.3 Å². The zero-order valence-electron chi connectivity index (χ0n) is 12.1. The summed E-state index contributed by atoms with van der Waals surface area (Å²) in [6.07, 6.45) is 1.86. The quantitative estimate of drug-likeness (QED) is 0.743. The van der Waals surface area contributed by atoms with Gasteiger partial charge in [0.05, 0.1) is 0 Å². The molecule has 0 unspecified atom stereocenters. The maximum atomic E-state index is 11.7. The van der Waals surface area contributed by atoms with Gasteiger partial charge >= 0.3 is 6.03 Å². The Morgan fingerprint density at radius 3 is 2.47 bits per heavy atom. The maximum Gasteiger partial charge on any atom is 0.319 e. The topological polar surface area (TPSA) is 50.4 Å². The Balaban J connectivity index is 2.23. The van der Waals surface area contributed by atoms with Gasteiger partial charge in [0.1, 0.15) is 0 Å². The molecule has 1 aromatic carbocycles. The van der Waals surface area contributed by atoms with Crippen LogP contribution in [0.5, 0.6) is 0 Å². The number of rotatable bonds is 7. The van der Waals surface area contributed by atoms with Gasteiger partial charge in [0.2, 0.25) is 0 Å². The highest BCUT2D eigenvalue weighted by atomic mass is 16.5.